The number of rotatable bonds is 2. The number of benzene rings is 1. The lowest BCUT2D eigenvalue weighted by atomic mass is 10.2. The van der Waals surface area contributed by atoms with Crippen LogP contribution in [0.25, 0.3) is 0 Å². The molecule has 1 aliphatic rings. The Morgan fingerprint density at radius 3 is 2.21 bits per heavy atom. The molecule has 0 spiro atoms. The fourth-order valence-electron chi connectivity index (χ4n) is 1.84. The first-order valence-corrected chi connectivity index (χ1v) is 4.99. The molecule has 0 bridgehead atoms. The van der Waals surface area contributed by atoms with E-state index in [9.17, 15) is 0 Å². The number of nitrogens with one attached hydrogen (secondary N) is 1. The summed E-state index contributed by atoms with van der Waals surface area (Å²) in [6.45, 7) is 2.15. The molecule has 1 fully saturated rings. The number of hydrogen-bond donors (Lipinski definition) is 1. The number of anilines is 1. The minimum Gasteiger partial charge on any atom is -0.380 e. The zero-order chi connectivity index (χ0) is 9.97. The molecule has 14 heavy (non-hydrogen) atoms. The van der Waals surface area contributed by atoms with E-state index in [0.717, 1.165) is 13.1 Å². The Kier molecular flexibility index (Phi) is 2.70. The lowest BCUT2D eigenvalue weighted by Crippen LogP contribution is -2.28. The number of hydrazine groups is 1. The van der Waals surface area contributed by atoms with Crippen LogP contribution in [0, 0.1) is 0 Å². The van der Waals surface area contributed by atoms with Gasteiger partial charge in [0.1, 0.15) is 0 Å². The van der Waals surface area contributed by atoms with Crippen molar-refractivity contribution in [3.8, 4) is 0 Å². The standard InChI is InChI=1S/C11H17N3/c1-13-8-11(9-14(13)2)12-10-6-4-3-5-7-10/h3-7,11-12H,8-9H2,1-2H3. The number of hydrogen-bond acceptors (Lipinski definition) is 3. The fourth-order valence-corrected chi connectivity index (χ4v) is 1.84. The molecule has 0 radical (unpaired) electrons. The van der Waals surface area contributed by atoms with Gasteiger partial charge in [-0.2, -0.15) is 0 Å². The van der Waals surface area contributed by atoms with Crippen LogP contribution in [0.3, 0.4) is 0 Å². The molecule has 1 N–H and O–H groups in total. The second-order valence-electron chi connectivity index (χ2n) is 3.89. The predicted octanol–water partition coefficient (Wildman–Crippen LogP) is 1.26. The molecular weight excluding hydrogens is 174 g/mol. The van der Waals surface area contributed by atoms with Gasteiger partial charge in [0.2, 0.25) is 0 Å². The van der Waals surface area contributed by atoms with E-state index in [0.29, 0.717) is 6.04 Å². The Hall–Kier alpha value is -1.06. The summed E-state index contributed by atoms with van der Waals surface area (Å²) in [5.74, 6) is 0. The van der Waals surface area contributed by atoms with Crippen LogP contribution in [0.4, 0.5) is 5.69 Å². The van der Waals surface area contributed by atoms with Crippen molar-refractivity contribution in [3.05, 3.63) is 30.3 Å². The minimum absolute atomic E-state index is 0.535. The summed E-state index contributed by atoms with van der Waals surface area (Å²) in [6.07, 6.45) is 0. The zero-order valence-corrected chi connectivity index (χ0v) is 8.77. The van der Waals surface area contributed by atoms with Crippen molar-refractivity contribution in [2.24, 2.45) is 0 Å². The van der Waals surface area contributed by atoms with Crippen molar-refractivity contribution in [3.63, 3.8) is 0 Å². The average Bonchev–Trinajstić information content (AvgIpc) is 2.47. The van der Waals surface area contributed by atoms with Crippen molar-refractivity contribution in [2.75, 3.05) is 32.5 Å². The van der Waals surface area contributed by atoms with Gasteiger partial charge in [0, 0.05) is 32.9 Å². The van der Waals surface area contributed by atoms with E-state index in [4.69, 9.17) is 0 Å². The summed E-state index contributed by atoms with van der Waals surface area (Å²) < 4.78 is 0. The Bertz CT molecular complexity index is 276. The summed E-state index contributed by atoms with van der Waals surface area (Å²) >= 11 is 0. The van der Waals surface area contributed by atoms with Crippen molar-refractivity contribution < 1.29 is 0 Å². The predicted molar refractivity (Wildman–Crippen MR) is 59.1 cm³/mol. The SMILES string of the molecule is CN1CC(Nc2ccccc2)CN1C. The van der Waals surface area contributed by atoms with Gasteiger partial charge in [-0.25, -0.2) is 10.0 Å². The smallest absolute Gasteiger partial charge is 0.0543 e. The molecule has 2 rings (SSSR count). The molecule has 3 nitrogen and oxygen atoms in total. The molecule has 0 saturated carbocycles. The molecule has 1 saturated heterocycles. The number of nitrogens with zero attached hydrogens (tertiary/aromatic N) is 2. The van der Waals surface area contributed by atoms with Crippen molar-refractivity contribution in [1.29, 1.82) is 0 Å². The van der Waals surface area contributed by atoms with Gasteiger partial charge in [-0.1, -0.05) is 18.2 Å². The highest BCUT2D eigenvalue weighted by atomic mass is 15.6. The molecule has 76 valence electrons. The van der Waals surface area contributed by atoms with E-state index >= 15 is 0 Å². The Labute approximate surface area is 85.3 Å². The number of para-hydroxylation sites is 1. The minimum atomic E-state index is 0.535. The highest BCUT2D eigenvalue weighted by Gasteiger charge is 2.23. The van der Waals surface area contributed by atoms with Crippen LogP contribution in [0.5, 0.6) is 0 Å². The van der Waals surface area contributed by atoms with Gasteiger partial charge in [0.15, 0.2) is 0 Å². The lowest BCUT2D eigenvalue weighted by molar-refractivity contribution is 0.0894. The molecule has 0 unspecified atom stereocenters. The van der Waals surface area contributed by atoms with E-state index in [2.05, 4.69) is 53.7 Å². The molecule has 1 heterocycles. The second kappa shape index (κ2) is 3.98. The topological polar surface area (TPSA) is 18.5 Å². The van der Waals surface area contributed by atoms with Crippen LogP contribution in [-0.2, 0) is 0 Å². The normalized spacial score (nSPS) is 20.1. The van der Waals surface area contributed by atoms with Crippen LogP contribution in [-0.4, -0.2) is 43.2 Å². The molecule has 1 aromatic carbocycles. The first-order valence-electron chi connectivity index (χ1n) is 4.99. The van der Waals surface area contributed by atoms with Crippen LogP contribution < -0.4 is 5.32 Å². The van der Waals surface area contributed by atoms with Gasteiger partial charge in [-0.15, -0.1) is 0 Å². The summed E-state index contributed by atoms with van der Waals surface area (Å²) in [4.78, 5) is 0. The Morgan fingerprint density at radius 1 is 1.07 bits per heavy atom. The summed E-state index contributed by atoms with van der Waals surface area (Å²) in [7, 11) is 4.24. The largest absolute Gasteiger partial charge is 0.380 e. The van der Waals surface area contributed by atoms with Crippen molar-refractivity contribution in [2.45, 2.75) is 6.04 Å². The van der Waals surface area contributed by atoms with Gasteiger partial charge >= 0.3 is 0 Å². The second-order valence-corrected chi connectivity index (χ2v) is 3.89. The maximum Gasteiger partial charge on any atom is 0.0543 e. The van der Waals surface area contributed by atoms with E-state index in [1.807, 2.05) is 6.07 Å². The van der Waals surface area contributed by atoms with Crippen LogP contribution in [0.2, 0.25) is 0 Å². The Balaban J connectivity index is 1.94. The molecular formula is C11H17N3. The van der Waals surface area contributed by atoms with Crippen LogP contribution in [0.1, 0.15) is 0 Å². The Morgan fingerprint density at radius 2 is 1.64 bits per heavy atom. The van der Waals surface area contributed by atoms with E-state index in [-0.39, 0.29) is 0 Å². The monoisotopic (exact) mass is 191 g/mol. The van der Waals surface area contributed by atoms with Gasteiger partial charge < -0.3 is 5.32 Å². The van der Waals surface area contributed by atoms with Gasteiger partial charge in [-0.3, -0.25) is 0 Å². The third-order valence-electron chi connectivity index (χ3n) is 2.70. The molecule has 0 aliphatic carbocycles. The van der Waals surface area contributed by atoms with Crippen LogP contribution >= 0.6 is 0 Å². The zero-order valence-electron chi connectivity index (χ0n) is 8.77. The summed E-state index contributed by atoms with van der Waals surface area (Å²) in [5, 5.41) is 7.99. The molecule has 0 aromatic heterocycles. The van der Waals surface area contributed by atoms with Crippen molar-refractivity contribution in [1.82, 2.24) is 10.0 Å². The van der Waals surface area contributed by atoms with Gasteiger partial charge in [0.25, 0.3) is 0 Å². The number of likely N-dealkylation sites (N-methyl/N-ethyl adjacent to an activating group) is 2. The third-order valence-corrected chi connectivity index (χ3v) is 2.70. The third kappa shape index (κ3) is 2.05. The maximum absolute atomic E-state index is 3.52. The van der Waals surface area contributed by atoms with Crippen molar-refractivity contribution >= 4 is 5.69 Å². The lowest BCUT2D eigenvalue weighted by Gasteiger charge is -2.16. The highest BCUT2D eigenvalue weighted by molar-refractivity contribution is 5.43. The van der Waals surface area contributed by atoms with Gasteiger partial charge in [-0.05, 0) is 12.1 Å². The first-order chi connectivity index (χ1) is 6.75. The van der Waals surface area contributed by atoms with Gasteiger partial charge in [0.05, 0.1) is 6.04 Å². The van der Waals surface area contributed by atoms with Crippen LogP contribution in [0.15, 0.2) is 30.3 Å². The highest BCUT2D eigenvalue weighted by Crippen LogP contribution is 2.12. The quantitative estimate of drug-likeness (QED) is 0.759. The molecule has 0 atom stereocenters. The molecule has 0 amide bonds. The fraction of sp³-hybridized carbons (Fsp3) is 0.455. The van der Waals surface area contributed by atoms with E-state index < -0.39 is 0 Å². The molecule has 3 heteroatoms. The summed E-state index contributed by atoms with van der Waals surface area (Å²) in [5.41, 5.74) is 1.21. The average molecular weight is 191 g/mol. The van der Waals surface area contributed by atoms with E-state index in [1.54, 1.807) is 0 Å². The summed E-state index contributed by atoms with van der Waals surface area (Å²) in [6, 6.07) is 10.9. The molecule has 1 aromatic rings. The first kappa shape index (κ1) is 9.49. The van der Waals surface area contributed by atoms with E-state index in [1.165, 1.54) is 5.69 Å². The maximum atomic E-state index is 3.52. The molecule has 1 aliphatic heterocycles.